The summed E-state index contributed by atoms with van der Waals surface area (Å²) < 4.78 is 63.8. The third kappa shape index (κ3) is 5.59. The number of hydrogen-bond donors (Lipinski definition) is 1. The molecule has 0 aromatic carbocycles. The Kier molecular flexibility index (Phi) is 6.50. The van der Waals surface area contributed by atoms with Gasteiger partial charge in [0.1, 0.15) is 18.1 Å². The zero-order valence-corrected chi connectivity index (χ0v) is 19.7. The fourth-order valence-corrected chi connectivity index (χ4v) is 5.08. The smallest absolute Gasteiger partial charge is 0.309 e. The minimum Gasteiger partial charge on any atom is -0.309 e. The molecule has 0 saturated carbocycles. The SMILES string of the molecule is Cc1nn(CC(=O)Nc2ccc(C3=CCS(=O)(=O)CC3)cn2)c(C)c1-c1ccnc(C(F)(F)F)c1. The highest BCUT2D eigenvalue weighted by molar-refractivity contribution is 7.91. The number of sulfone groups is 1. The Balaban J connectivity index is 1.46. The number of nitrogens with one attached hydrogen (secondary N) is 1. The van der Waals surface area contributed by atoms with Crippen LogP contribution in [0, 0.1) is 13.8 Å². The van der Waals surface area contributed by atoms with E-state index >= 15 is 0 Å². The highest BCUT2D eigenvalue weighted by Crippen LogP contribution is 2.33. The Bertz CT molecular complexity index is 1410. The molecule has 184 valence electrons. The van der Waals surface area contributed by atoms with Gasteiger partial charge in [-0.3, -0.25) is 14.5 Å². The second kappa shape index (κ2) is 9.25. The highest BCUT2D eigenvalue weighted by atomic mass is 32.2. The normalized spacial score (nSPS) is 15.5. The van der Waals surface area contributed by atoms with Crippen LogP contribution in [0.3, 0.4) is 0 Å². The second-order valence-corrected chi connectivity index (χ2v) is 10.4. The van der Waals surface area contributed by atoms with Crippen molar-refractivity contribution in [1.29, 1.82) is 0 Å². The van der Waals surface area contributed by atoms with Crippen molar-refractivity contribution in [2.75, 3.05) is 16.8 Å². The van der Waals surface area contributed by atoms with Crippen LogP contribution in [0.15, 0.2) is 42.7 Å². The summed E-state index contributed by atoms with van der Waals surface area (Å²) in [4.78, 5) is 20.2. The number of alkyl halides is 3. The predicted molar refractivity (Wildman–Crippen MR) is 124 cm³/mol. The first-order valence-corrected chi connectivity index (χ1v) is 12.5. The number of aryl methyl sites for hydroxylation is 1. The molecule has 1 aliphatic heterocycles. The maximum atomic E-state index is 13.1. The first-order chi connectivity index (χ1) is 16.4. The number of anilines is 1. The van der Waals surface area contributed by atoms with Crippen LogP contribution < -0.4 is 5.32 Å². The lowest BCUT2D eigenvalue weighted by molar-refractivity contribution is -0.141. The number of nitrogens with zero attached hydrogens (tertiary/aromatic N) is 4. The van der Waals surface area contributed by atoms with E-state index in [4.69, 9.17) is 0 Å². The number of carbonyl (C=O) groups is 1. The zero-order valence-electron chi connectivity index (χ0n) is 18.9. The molecular weight excluding hydrogens is 483 g/mol. The van der Waals surface area contributed by atoms with Crippen molar-refractivity contribution in [3.63, 3.8) is 0 Å². The van der Waals surface area contributed by atoms with Crippen molar-refractivity contribution < 1.29 is 26.4 Å². The lowest BCUT2D eigenvalue weighted by atomic mass is 10.0. The standard InChI is InChI=1S/C23H22F3N5O3S/c1-14-22(17-5-8-27-19(11-17)23(24,25)26)15(2)31(30-14)13-21(32)29-20-4-3-18(12-28-20)16-6-9-35(33,34)10-7-16/h3-6,8,11-12H,7,9-10,13H2,1-2H3,(H,28,29,32). The molecule has 1 aliphatic rings. The van der Waals surface area contributed by atoms with E-state index in [9.17, 15) is 26.4 Å². The monoisotopic (exact) mass is 505 g/mol. The molecule has 0 fully saturated rings. The molecule has 0 unspecified atom stereocenters. The number of rotatable bonds is 5. The summed E-state index contributed by atoms with van der Waals surface area (Å²) >= 11 is 0. The molecule has 0 atom stereocenters. The van der Waals surface area contributed by atoms with Gasteiger partial charge in [-0.15, -0.1) is 0 Å². The topological polar surface area (TPSA) is 107 Å². The van der Waals surface area contributed by atoms with Gasteiger partial charge in [0.05, 0.1) is 17.2 Å². The van der Waals surface area contributed by atoms with Crippen LogP contribution in [0.2, 0.25) is 0 Å². The second-order valence-electron chi connectivity index (χ2n) is 8.20. The van der Waals surface area contributed by atoms with Crippen LogP contribution in [0.5, 0.6) is 0 Å². The number of carbonyl (C=O) groups excluding carboxylic acids is 1. The summed E-state index contributed by atoms with van der Waals surface area (Å²) in [6, 6.07) is 5.82. The van der Waals surface area contributed by atoms with E-state index in [0.717, 1.165) is 23.4 Å². The third-order valence-electron chi connectivity index (χ3n) is 5.68. The number of pyridine rings is 2. The van der Waals surface area contributed by atoms with Gasteiger partial charge in [-0.2, -0.15) is 18.3 Å². The highest BCUT2D eigenvalue weighted by Gasteiger charge is 2.33. The average molecular weight is 506 g/mol. The van der Waals surface area contributed by atoms with Crippen molar-refractivity contribution in [2.45, 2.75) is 33.0 Å². The number of amides is 1. The summed E-state index contributed by atoms with van der Waals surface area (Å²) in [5.74, 6) is 0.00564. The van der Waals surface area contributed by atoms with Crippen molar-refractivity contribution in [3.8, 4) is 11.1 Å². The fraction of sp³-hybridized carbons (Fsp3) is 0.304. The van der Waals surface area contributed by atoms with Gasteiger partial charge in [0.15, 0.2) is 9.84 Å². The molecule has 1 N–H and O–H groups in total. The van der Waals surface area contributed by atoms with Gasteiger partial charge in [-0.05, 0) is 61.2 Å². The Hall–Kier alpha value is -3.54. The minimum absolute atomic E-state index is 0.00244. The Morgan fingerprint density at radius 3 is 2.54 bits per heavy atom. The van der Waals surface area contributed by atoms with Crippen LogP contribution >= 0.6 is 0 Å². The summed E-state index contributed by atoms with van der Waals surface area (Å²) in [5.41, 5.74) is 2.53. The molecule has 4 rings (SSSR count). The molecule has 3 aromatic rings. The van der Waals surface area contributed by atoms with E-state index in [0.29, 0.717) is 34.8 Å². The van der Waals surface area contributed by atoms with Crippen LogP contribution in [-0.2, 0) is 27.4 Å². The quantitative estimate of drug-likeness (QED) is 0.565. The van der Waals surface area contributed by atoms with Gasteiger partial charge in [0.25, 0.3) is 0 Å². The Morgan fingerprint density at radius 2 is 1.91 bits per heavy atom. The van der Waals surface area contributed by atoms with E-state index < -0.39 is 27.6 Å². The summed E-state index contributed by atoms with van der Waals surface area (Å²) in [6.07, 6.45) is 0.190. The third-order valence-corrected chi connectivity index (χ3v) is 7.18. The Labute approximate surface area is 199 Å². The first kappa shape index (κ1) is 24.6. The molecule has 0 aliphatic carbocycles. The zero-order chi connectivity index (χ0) is 25.4. The molecular formula is C23H22F3N5O3S. The van der Waals surface area contributed by atoms with Crippen molar-refractivity contribution in [1.82, 2.24) is 19.7 Å². The first-order valence-electron chi connectivity index (χ1n) is 10.7. The maximum absolute atomic E-state index is 13.1. The molecule has 12 heteroatoms. The lowest BCUT2D eigenvalue weighted by Crippen LogP contribution is -2.21. The number of allylic oxidation sites excluding steroid dienone is 1. The van der Waals surface area contributed by atoms with E-state index in [2.05, 4.69) is 20.4 Å². The van der Waals surface area contributed by atoms with Gasteiger partial charge >= 0.3 is 6.18 Å². The number of hydrogen-bond acceptors (Lipinski definition) is 6. The molecule has 0 saturated heterocycles. The van der Waals surface area contributed by atoms with Gasteiger partial charge < -0.3 is 5.32 Å². The molecule has 3 aromatic heterocycles. The van der Waals surface area contributed by atoms with Crippen LogP contribution in [0.1, 0.15) is 29.1 Å². The molecule has 0 bridgehead atoms. The Morgan fingerprint density at radius 1 is 1.14 bits per heavy atom. The van der Waals surface area contributed by atoms with Crippen molar-refractivity contribution in [3.05, 3.63) is 65.4 Å². The number of aromatic nitrogens is 4. The van der Waals surface area contributed by atoms with E-state index in [1.807, 2.05) is 0 Å². The summed E-state index contributed by atoms with van der Waals surface area (Å²) in [7, 11) is -3.02. The predicted octanol–water partition coefficient (Wildman–Crippen LogP) is 3.82. The van der Waals surface area contributed by atoms with Crippen LogP contribution in [0.4, 0.5) is 19.0 Å². The van der Waals surface area contributed by atoms with Crippen molar-refractivity contribution >= 4 is 27.1 Å². The molecule has 0 radical (unpaired) electrons. The average Bonchev–Trinajstić information content (AvgIpc) is 3.06. The molecule has 1 amide bonds. The van der Waals surface area contributed by atoms with E-state index in [1.54, 1.807) is 38.3 Å². The largest absolute Gasteiger partial charge is 0.433 e. The van der Waals surface area contributed by atoms with Crippen molar-refractivity contribution in [2.24, 2.45) is 0 Å². The van der Waals surface area contributed by atoms with Gasteiger partial charge in [0, 0.05) is 23.7 Å². The minimum atomic E-state index is -4.57. The van der Waals surface area contributed by atoms with Crippen LogP contribution in [-0.4, -0.2) is 45.6 Å². The van der Waals surface area contributed by atoms with Gasteiger partial charge in [-0.1, -0.05) is 6.08 Å². The maximum Gasteiger partial charge on any atom is 0.433 e. The van der Waals surface area contributed by atoms with Gasteiger partial charge in [0.2, 0.25) is 5.91 Å². The summed E-state index contributed by atoms with van der Waals surface area (Å²) in [5, 5.41) is 7.00. The van der Waals surface area contributed by atoms with E-state index in [1.165, 1.54) is 10.7 Å². The molecule has 35 heavy (non-hydrogen) atoms. The fourth-order valence-electron chi connectivity index (χ4n) is 3.93. The molecule has 8 nitrogen and oxygen atoms in total. The van der Waals surface area contributed by atoms with E-state index in [-0.39, 0.29) is 18.1 Å². The number of halogens is 3. The lowest BCUT2D eigenvalue weighted by Gasteiger charge is -2.14. The summed E-state index contributed by atoms with van der Waals surface area (Å²) in [6.45, 7) is 3.19. The van der Waals surface area contributed by atoms with Crippen LogP contribution in [0.25, 0.3) is 16.7 Å². The molecule has 0 spiro atoms. The van der Waals surface area contributed by atoms with Gasteiger partial charge in [-0.25, -0.2) is 13.4 Å². The molecule has 4 heterocycles.